The van der Waals surface area contributed by atoms with Crippen molar-refractivity contribution in [2.45, 2.75) is 69.6 Å². The van der Waals surface area contributed by atoms with Crippen molar-refractivity contribution in [3.8, 4) is 0 Å². The Balaban J connectivity index is 3.01. The Bertz CT molecular complexity index is 865. The molecule has 12 nitrogen and oxygen atoms in total. The zero-order valence-corrected chi connectivity index (χ0v) is 19.7. The highest BCUT2D eigenvalue weighted by molar-refractivity contribution is 5.94. The average Bonchev–Trinajstić information content (AvgIpc) is 2.81. The van der Waals surface area contributed by atoms with E-state index in [1.807, 2.05) is 0 Å². The largest absolute Gasteiger partial charge is 0.481 e. The molecule has 0 saturated carbocycles. The molecule has 1 aromatic carbocycles. The van der Waals surface area contributed by atoms with Gasteiger partial charge in [0.1, 0.15) is 18.1 Å². The molecule has 0 aliphatic heterocycles. The smallest absolute Gasteiger partial charge is 0.325 e. The Morgan fingerprint density at radius 2 is 1.46 bits per heavy atom. The zero-order chi connectivity index (χ0) is 26.4. The molecule has 0 aliphatic carbocycles. The summed E-state index contributed by atoms with van der Waals surface area (Å²) in [5, 5.41) is 25.5. The minimum atomic E-state index is -1.26. The molecule has 4 unspecified atom stereocenters. The maximum absolute atomic E-state index is 13.0. The summed E-state index contributed by atoms with van der Waals surface area (Å²) in [4.78, 5) is 60.5. The molecule has 1 aromatic rings. The normalized spacial score (nSPS) is 14.1. The second-order valence-corrected chi connectivity index (χ2v) is 8.20. The third-order valence-electron chi connectivity index (χ3n) is 5.23. The number of benzene rings is 1. The van der Waals surface area contributed by atoms with Gasteiger partial charge in [-0.15, -0.1) is 0 Å². The summed E-state index contributed by atoms with van der Waals surface area (Å²) >= 11 is 0. The molecule has 0 saturated heterocycles. The number of aliphatic carboxylic acids is 2. The molecule has 0 aromatic heterocycles. The Morgan fingerprint density at radius 3 is 2.03 bits per heavy atom. The van der Waals surface area contributed by atoms with E-state index in [1.54, 1.807) is 30.3 Å². The number of hydrogen-bond donors (Lipinski definition) is 7. The molecule has 0 fully saturated rings. The summed E-state index contributed by atoms with van der Waals surface area (Å²) in [6, 6.07) is 4.18. The SMILES string of the molecule is CC(NC(=O)C(Cc1ccccc1)NC(=O)C(CCC(=O)O)NC(=O)C(N)CCCCN)C(=O)O. The number of nitrogens with one attached hydrogen (secondary N) is 3. The first-order chi connectivity index (χ1) is 16.5. The molecule has 0 spiro atoms. The summed E-state index contributed by atoms with van der Waals surface area (Å²) < 4.78 is 0. The molecule has 3 amide bonds. The van der Waals surface area contributed by atoms with Gasteiger partial charge in [-0.2, -0.15) is 0 Å². The second kappa shape index (κ2) is 15.4. The van der Waals surface area contributed by atoms with Crippen LogP contribution < -0.4 is 27.4 Å². The quantitative estimate of drug-likeness (QED) is 0.142. The van der Waals surface area contributed by atoms with E-state index in [1.165, 1.54) is 6.92 Å². The number of nitrogens with two attached hydrogens (primary N) is 2. The van der Waals surface area contributed by atoms with Crippen LogP contribution in [0.4, 0.5) is 0 Å². The summed E-state index contributed by atoms with van der Waals surface area (Å²) in [6.07, 6.45) is 1.03. The fraction of sp³-hybridized carbons (Fsp3) is 0.522. The van der Waals surface area contributed by atoms with Gasteiger partial charge in [-0.05, 0) is 38.3 Å². The lowest BCUT2D eigenvalue weighted by Crippen LogP contribution is -2.57. The maximum atomic E-state index is 13.0. The number of carboxylic acids is 2. The van der Waals surface area contributed by atoms with Crippen molar-refractivity contribution < 1.29 is 34.2 Å². The monoisotopic (exact) mass is 493 g/mol. The van der Waals surface area contributed by atoms with Crippen molar-refractivity contribution in [3.05, 3.63) is 35.9 Å². The predicted molar refractivity (Wildman–Crippen MR) is 127 cm³/mol. The molecule has 1 rings (SSSR count). The van der Waals surface area contributed by atoms with Crippen LogP contribution in [-0.2, 0) is 30.4 Å². The van der Waals surface area contributed by atoms with Crippen LogP contribution in [0.3, 0.4) is 0 Å². The molecular formula is C23H35N5O7. The lowest BCUT2D eigenvalue weighted by molar-refractivity contribution is -0.141. The Hall–Kier alpha value is -3.51. The zero-order valence-electron chi connectivity index (χ0n) is 19.7. The van der Waals surface area contributed by atoms with Gasteiger partial charge in [0.15, 0.2) is 0 Å². The number of carbonyl (C=O) groups excluding carboxylic acids is 3. The van der Waals surface area contributed by atoms with Gasteiger partial charge in [0, 0.05) is 12.8 Å². The molecule has 0 radical (unpaired) electrons. The first kappa shape index (κ1) is 29.5. The second-order valence-electron chi connectivity index (χ2n) is 8.20. The van der Waals surface area contributed by atoms with Crippen LogP contribution in [0.15, 0.2) is 30.3 Å². The van der Waals surface area contributed by atoms with Gasteiger partial charge in [0.2, 0.25) is 17.7 Å². The van der Waals surface area contributed by atoms with Crippen molar-refractivity contribution in [2.75, 3.05) is 6.54 Å². The lowest BCUT2D eigenvalue weighted by atomic mass is 10.0. The molecule has 194 valence electrons. The molecule has 0 aliphatic rings. The number of rotatable bonds is 16. The minimum absolute atomic E-state index is 0.0446. The van der Waals surface area contributed by atoms with Gasteiger partial charge in [-0.1, -0.05) is 36.8 Å². The van der Waals surface area contributed by atoms with Gasteiger partial charge < -0.3 is 37.6 Å². The molecule has 0 heterocycles. The van der Waals surface area contributed by atoms with Crippen LogP contribution in [0.2, 0.25) is 0 Å². The van der Waals surface area contributed by atoms with Gasteiger partial charge in [-0.25, -0.2) is 0 Å². The summed E-state index contributed by atoms with van der Waals surface area (Å²) in [5.41, 5.74) is 12.0. The number of carbonyl (C=O) groups is 5. The van der Waals surface area contributed by atoms with Gasteiger partial charge in [0.25, 0.3) is 0 Å². The van der Waals surface area contributed by atoms with E-state index < -0.39 is 60.2 Å². The fourth-order valence-electron chi connectivity index (χ4n) is 3.16. The predicted octanol–water partition coefficient (Wildman–Crippen LogP) is -0.891. The Labute approximate surface area is 203 Å². The molecule has 9 N–H and O–H groups in total. The maximum Gasteiger partial charge on any atom is 0.325 e. The van der Waals surface area contributed by atoms with Crippen LogP contribution in [0.5, 0.6) is 0 Å². The van der Waals surface area contributed by atoms with E-state index >= 15 is 0 Å². The van der Waals surface area contributed by atoms with Crippen LogP contribution in [-0.4, -0.2) is 70.6 Å². The van der Waals surface area contributed by atoms with Crippen molar-refractivity contribution in [1.82, 2.24) is 16.0 Å². The third-order valence-corrected chi connectivity index (χ3v) is 5.23. The van der Waals surface area contributed by atoms with E-state index in [2.05, 4.69) is 16.0 Å². The van der Waals surface area contributed by atoms with Gasteiger partial charge >= 0.3 is 11.9 Å². The average molecular weight is 494 g/mol. The van der Waals surface area contributed by atoms with Gasteiger partial charge in [-0.3, -0.25) is 24.0 Å². The van der Waals surface area contributed by atoms with Crippen LogP contribution in [0, 0.1) is 0 Å². The number of carboxylic acid groups (broad SMARTS) is 2. The van der Waals surface area contributed by atoms with Crippen molar-refractivity contribution >= 4 is 29.7 Å². The van der Waals surface area contributed by atoms with E-state index in [0.29, 0.717) is 31.4 Å². The molecular weight excluding hydrogens is 458 g/mol. The van der Waals surface area contributed by atoms with Crippen molar-refractivity contribution in [3.63, 3.8) is 0 Å². The summed E-state index contributed by atoms with van der Waals surface area (Å²) in [6.45, 7) is 1.73. The van der Waals surface area contributed by atoms with Crippen LogP contribution >= 0.6 is 0 Å². The highest BCUT2D eigenvalue weighted by Crippen LogP contribution is 2.07. The van der Waals surface area contributed by atoms with Crippen molar-refractivity contribution in [1.29, 1.82) is 0 Å². The molecule has 35 heavy (non-hydrogen) atoms. The summed E-state index contributed by atoms with van der Waals surface area (Å²) in [5.74, 6) is -4.57. The van der Waals surface area contributed by atoms with E-state index in [-0.39, 0.29) is 12.8 Å². The highest BCUT2D eigenvalue weighted by Gasteiger charge is 2.29. The van der Waals surface area contributed by atoms with Crippen LogP contribution in [0.1, 0.15) is 44.6 Å². The standard InChI is InChI=1S/C23H35N5O7/c1-14(23(34)35)26-22(33)18(13-15-7-3-2-4-8-15)28-21(32)17(10-11-19(29)30)27-20(31)16(25)9-5-6-12-24/h2-4,7-8,14,16-18H,5-6,9-13,24-25H2,1H3,(H,26,33)(H,27,31)(H,28,32)(H,29,30)(H,34,35). The molecule has 12 heteroatoms. The van der Waals surface area contributed by atoms with Gasteiger partial charge in [0.05, 0.1) is 6.04 Å². The highest BCUT2D eigenvalue weighted by atomic mass is 16.4. The Kier molecular flexibility index (Phi) is 13.0. The molecule has 0 bridgehead atoms. The topological polar surface area (TPSA) is 214 Å². The van der Waals surface area contributed by atoms with E-state index in [0.717, 1.165) is 0 Å². The van der Waals surface area contributed by atoms with Crippen LogP contribution in [0.25, 0.3) is 0 Å². The number of hydrogen-bond acceptors (Lipinski definition) is 7. The first-order valence-electron chi connectivity index (χ1n) is 11.4. The summed E-state index contributed by atoms with van der Waals surface area (Å²) in [7, 11) is 0. The minimum Gasteiger partial charge on any atom is -0.481 e. The lowest BCUT2D eigenvalue weighted by Gasteiger charge is -2.24. The number of amides is 3. The Morgan fingerprint density at radius 1 is 0.857 bits per heavy atom. The number of unbranched alkanes of at least 4 members (excludes halogenated alkanes) is 1. The first-order valence-corrected chi connectivity index (χ1v) is 11.4. The van der Waals surface area contributed by atoms with Crippen molar-refractivity contribution in [2.24, 2.45) is 11.5 Å². The fourth-order valence-corrected chi connectivity index (χ4v) is 3.16. The van der Waals surface area contributed by atoms with E-state index in [4.69, 9.17) is 21.7 Å². The third kappa shape index (κ3) is 11.5. The molecule has 4 atom stereocenters. The van der Waals surface area contributed by atoms with E-state index in [9.17, 15) is 24.0 Å².